The van der Waals surface area contributed by atoms with Gasteiger partial charge in [-0.15, -0.1) is 0 Å². The van der Waals surface area contributed by atoms with Gasteiger partial charge in [0, 0.05) is 37.2 Å². The first-order valence-electron chi connectivity index (χ1n) is 7.50. The van der Waals surface area contributed by atoms with Crippen molar-refractivity contribution in [2.75, 3.05) is 6.54 Å². The summed E-state index contributed by atoms with van der Waals surface area (Å²) in [5, 5.41) is 27.5. The highest BCUT2D eigenvalue weighted by Crippen LogP contribution is 2.23. The number of halogens is 2. The number of hydrogen-bond acceptors (Lipinski definition) is 5. The second-order valence-corrected chi connectivity index (χ2v) is 5.50. The molecular weight excluding hydrogens is 334 g/mol. The number of hydroxylamine groups is 1. The van der Waals surface area contributed by atoms with E-state index in [1.807, 2.05) is 0 Å². The van der Waals surface area contributed by atoms with Crippen molar-refractivity contribution in [3.8, 4) is 11.5 Å². The Morgan fingerprint density at radius 2 is 1.44 bits per heavy atom. The Kier molecular flexibility index (Phi) is 6.26. The fourth-order valence-corrected chi connectivity index (χ4v) is 2.39. The normalized spacial score (nSPS) is 10.9. The van der Waals surface area contributed by atoms with Gasteiger partial charge in [0.25, 0.3) is 0 Å². The van der Waals surface area contributed by atoms with E-state index in [9.17, 15) is 23.8 Å². The standard InChI is InChI=1S/C17H18F2N2O4/c18-16-11(3-1-5-13(16)22)9-21(8-7-15(24)20-25)10-12-4-2-6-14(23)17(12)19/h1-6,22-23,25H,7-10H2,(H,20,24). The smallest absolute Gasteiger partial charge is 0.244 e. The van der Waals surface area contributed by atoms with Gasteiger partial charge in [-0.1, -0.05) is 24.3 Å². The van der Waals surface area contributed by atoms with Crippen molar-refractivity contribution in [3.63, 3.8) is 0 Å². The summed E-state index contributed by atoms with van der Waals surface area (Å²) in [4.78, 5) is 12.8. The van der Waals surface area contributed by atoms with Gasteiger partial charge < -0.3 is 10.2 Å². The molecule has 134 valence electrons. The van der Waals surface area contributed by atoms with Crippen molar-refractivity contribution in [1.29, 1.82) is 0 Å². The summed E-state index contributed by atoms with van der Waals surface area (Å²) < 4.78 is 28.0. The van der Waals surface area contributed by atoms with Gasteiger partial charge in [0.1, 0.15) is 0 Å². The summed E-state index contributed by atoms with van der Waals surface area (Å²) in [6.45, 7) is 0.0820. The lowest BCUT2D eigenvalue weighted by Crippen LogP contribution is -2.29. The lowest BCUT2D eigenvalue weighted by Gasteiger charge is -2.23. The van der Waals surface area contributed by atoms with Crippen LogP contribution < -0.4 is 5.48 Å². The molecule has 2 rings (SSSR count). The maximum atomic E-state index is 14.0. The Morgan fingerprint density at radius 1 is 0.960 bits per heavy atom. The summed E-state index contributed by atoms with van der Waals surface area (Å²) >= 11 is 0. The second kappa shape index (κ2) is 8.41. The molecule has 0 atom stereocenters. The average Bonchev–Trinajstić information content (AvgIpc) is 2.60. The van der Waals surface area contributed by atoms with Crippen LogP contribution in [-0.4, -0.2) is 32.8 Å². The Hall–Kier alpha value is -2.71. The van der Waals surface area contributed by atoms with Crippen molar-refractivity contribution in [2.45, 2.75) is 19.5 Å². The van der Waals surface area contributed by atoms with Gasteiger partial charge in [0.15, 0.2) is 23.1 Å². The quantitative estimate of drug-likeness (QED) is 0.453. The Bertz CT molecular complexity index is 702. The van der Waals surface area contributed by atoms with E-state index in [0.29, 0.717) is 0 Å². The van der Waals surface area contributed by atoms with Crippen LogP contribution in [0.15, 0.2) is 36.4 Å². The minimum atomic E-state index is -0.796. The molecule has 0 aliphatic rings. The maximum Gasteiger partial charge on any atom is 0.244 e. The van der Waals surface area contributed by atoms with E-state index in [2.05, 4.69) is 0 Å². The molecule has 6 nitrogen and oxygen atoms in total. The molecule has 0 saturated heterocycles. The lowest BCUT2D eigenvalue weighted by molar-refractivity contribution is -0.129. The van der Waals surface area contributed by atoms with E-state index in [1.165, 1.54) is 41.9 Å². The van der Waals surface area contributed by atoms with Crippen LogP contribution in [0, 0.1) is 11.6 Å². The van der Waals surface area contributed by atoms with Crippen molar-refractivity contribution < 1.29 is 29.0 Å². The number of aromatic hydroxyl groups is 2. The third kappa shape index (κ3) is 4.88. The molecule has 0 unspecified atom stereocenters. The van der Waals surface area contributed by atoms with Gasteiger partial charge in [-0.3, -0.25) is 14.9 Å². The number of phenols is 2. The van der Waals surface area contributed by atoms with Gasteiger partial charge >= 0.3 is 0 Å². The number of nitrogens with zero attached hydrogens (tertiary/aromatic N) is 1. The van der Waals surface area contributed by atoms with Crippen LogP contribution in [0.25, 0.3) is 0 Å². The largest absolute Gasteiger partial charge is 0.505 e. The van der Waals surface area contributed by atoms with Crippen LogP contribution in [0.3, 0.4) is 0 Å². The van der Waals surface area contributed by atoms with Crippen LogP contribution >= 0.6 is 0 Å². The van der Waals surface area contributed by atoms with Gasteiger partial charge in [0.05, 0.1) is 0 Å². The van der Waals surface area contributed by atoms with Gasteiger partial charge in [-0.05, 0) is 12.1 Å². The van der Waals surface area contributed by atoms with E-state index < -0.39 is 29.0 Å². The third-order valence-corrected chi connectivity index (χ3v) is 3.68. The number of rotatable bonds is 7. The molecule has 2 aromatic rings. The summed E-state index contributed by atoms with van der Waals surface area (Å²) in [6.07, 6.45) is -0.0998. The molecule has 0 spiro atoms. The Morgan fingerprint density at radius 3 is 1.88 bits per heavy atom. The molecule has 0 aliphatic heterocycles. The predicted octanol–water partition coefficient (Wildman–Crippen LogP) is 2.27. The fourth-order valence-electron chi connectivity index (χ4n) is 2.39. The first-order valence-corrected chi connectivity index (χ1v) is 7.50. The number of carbonyl (C=O) groups excluding carboxylic acids is 1. The van der Waals surface area contributed by atoms with E-state index >= 15 is 0 Å². The molecule has 25 heavy (non-hydrogen) atoms. The number of carbonyl (C=O) groups is 1. The highest BCUT2D eigenvalue weighted by Gasteiger charge is 2.16. The van der Waals surface area contributed by atoms with Crippen molar-refractivity contribution >= 4 is 5.91 Å². The number of benzene rings is 2. The van der Waals surface area contributed by atoms with Crippen LogP contribution in [0.4, 0.5) is 8.78 Å². The van der Waals surface area contributed by atoms with Crippen molar-refractivity contribution in [3.05, 3.63) is 59.2 Å². The molecule has 2 aromatic carbocycles. The molecule has 0 fully saturated rings. The average molecular weight is 352 g/mol. The van der Waals surface area contributed by atoms with Crippen LogP contribution in [-0.2, 0) is 17.9 Å². The van der Waals surface area contributed by atoms with E-state index in [4.69, 9.17) is 5.21 Å². The first-order chi connectivity index (χ1) is 11.9. The Labute approximate surface area is 142 Å². The summed E-state index contributed by atoms with van der Waals surface area (Å²) in [7, 11) is 0. The minimum Gasteiger partial charge on any atom is -0.505 e. The molecule has 0 aliphatic carbocycles. The highest BCUT2D eigenvalue weighted by atomic mass is 19.1. The summed E-state index contributed by atoms with van der Waals surface area (Å²) in [5.41, 5.74) is 1.84. The molecule has 0 saturated carbocycles. The molecule has 0 heterocycles. The van der Waals surface area contributed by atoms with Crippen LogP contribution in [0.5, 0.6) is 11.5 Å². The number of phenolic OH excluding ortho intramolecular Hbond substituents is 2. The molecule has 0 aromatic heterocycles. The van der Waals surface area contributed by atoms with Gasteiger partial charge in [0.2, 0.25) is 5.91 Å². The molecule has 0 bridgehead atoms. The summed E-state index contributed by atoms with van der Waals surface area (Å²) in [5.74, 6) is -3.24. The van der Waals surface area contributed by atoms with Gasteiger partial charge in [-0.2, -0.15) is 0 Å². The molecular formula is C17H18F2N2O4. The Balaban J connectivity index is 2.21. The highest BCUT2D eigenvalue weighted by molar-refractivity contribution is 5.74. The number of hydrogen-bond donors (Lipinski definition) is 4. The van der Waals surface area contributed by atoms with Gasteiger partial charge in [-0.25, -0.2) is 14.3 Å². The minimum absolute atomic E-state index is 0.00591. The lowest BCUT2D eigenvalue weighted by atomic mass is 10.1. The van der Waals surface area contributed by atoms with Crippen LogP contribution in [0.2, 0.25) is 0 Å². The van der Waals surface area contributed by atoms with E-state index in [1.54, 1.807) is 4.90 Å². The van der Waals surface area contributed by atoms with Crippen molar-refractivity contribution in [1.82, 2.24) is 10.4 Å². The monoisotopic (exact) mass is 352 g/mol. The zero-order valence-electron chi connectivity index (χ0n) is 13.2. The molecule has 4 N–H and O–H groups in total. The first kappa shape index (κ1) is 18.6. The zero-order chi connectivity index (χ0) is 18.4. The summed E-state index contributed by atoms with van der Waals surface area (Å²) in [6, 6.07) is 8.29. The molecule has 0 radical (unpaired) electrons. The second-order valence-electron chi connectivity index (χ2n) is 5.50. The maximum absolute atomic E-state index is 14.0. The SMILES string of the molecule is O=C(CCN(Cc1cccc(O)c1F)Cc1cccc(O)c1F)NO. The number of amides is 1. The topological polar surface area (TPSA) is 93.0 Å². The molecule has 8 heteroatoms. The zero-order valence-corrected chi connectivity index (χ0v) is 13.2. The third-order valence-electron chi connectivity index (χ3n) is 3.68. The van der Waals surface area contributed by atoms with E-state index in [0.717, 1.165) is 0 Å². The van der Waals surface area contributed by atoms with Crippen molar-refractivity contribution in [2.24, 2.45) is 0 Å². The predicted molar refractivity (Wildman–Crippen MR) is 84.8 cm³/mol. The molecule has 1 amide bonds. The number of nitrogens with one attached hydrogen (secondary N) is 1. The van der Waals surface area contributed by atoms with E-state index in [-0.39, 0.29) is 37.2 Å². The van der Waals surface area contributed by atoms with Crippen LogP contribution in [0.1, 0.15) is 17.5 Å². The fraction of sp³-hybridized carbons (Fsp3) is 0.235.